The molecule has 0 fully saturated rings. The van der Waals surface area contributed by atoms with E-state index in [1.165, 1.54) is 9.21 Å². The van der Waals surface area contributed by atoms with Gasteiger partial charge in [-0.05, 0) is 69.5 Å². The van der Waals surface area contributed by atoms with Crippen molar-refractivity contribution in [2.75, 3.05) is 17.1 Å². The van der Waals surface area contributed by atoms with E-state index < -0.39 is 16.1 Å². The van der Waals surface area contributed by atoms with Gasteiger partial charge < -0.3 is 10.2 Å². The predicted molar refractivity (Wildman–Crippen MR) is 145 cm³/mol. The fourth-order valence-corrected chi connectivity index (χ4v) is 5.07. The van der Waals surface area contributed by atoms with Gasteiger partial charge in [-0.3, -0.25) is 13.9 Å². The van der Waals surface area contributed by atoms with E-state index in [1.807, 2.05) is 38.1 Å². The molecule has 0 radical (unpaired) electrons. The van der Waals surface area contributed by atoms with Crippen molar-refractivity contribution in [1.82, 2.24) is 10.2 Å². The maximum absolute atomic E-state index is 13.3. The van der Waals surface area contributed by atoms with Gasteiger partial charge >= 0.3 is 0 Å². The van der Waals surface area contributed by atoms with Crippen molar-refractivity contribution in [3.63, 3.8) is 0 Å². The van der Waals surface area contributed by atoms with Gasteiger partial charge in [0, 0.05) is 35.0 Å². The quantitative estimate of drug-likeness (QED) is 0.406. The molecule has 0 aliphatic heterocycles. The predicted octanol–water partition coefficient (Wildman–Crippen LogP) is 4.90. The van der Waals surface area contributed by atoms with E-state index in [-0.39, 0.29) is 43.8 Å². The van der Waals surface area contributed by atoms with E-state index in [1.54, 1.807) is 32.0 Å². The number of nitrogens with zero attached hydrogens (tertiary/aromatic N) is 2. The molecular weight excluding hydrogens is 554 g/mol. The summed E-state index contributed by atoms with van der Waals surface area (Å²) in [4.78, 5) is 27.5. The van der Waals surface area contributed by atoms with Crippen LogP contribution < -0.4 is 9.62 Å². The van der Waals surface area contributed by atoms with Gasteiger partial charge in [-0.2, -0.15) is 0 Å². The summed E-state index contributed by atoms with van der Waals surface area (Å²) < 4.78 is 27.2. The zero-order valence-electron chi connectivity index (χ0n) is 20.7. The normalized spacial score (nSPS) is 12.3. The monoisotopic (exact) mass is 585 g/mol. The Morgan fingerprint density at radius 3 is 2.29 bits per heavy atom. The van der Waals surface area contributed by atoms with Crippen LogP contribution >= 0.6 is 27.5 Å². The molecule has 0 aliphatic carbocycles. The minimum Gasteiger partial charge on any atom is -0.352 e. The molecule has 0 saturated carbocycles. The van der Waals surface area contributed by atoms with E-state index in [2.05, 4.69) is 21.2 Å². The first-order chi connectivity index (χ1) is 16.3. The Bertz CT molecular complexity index is 1140. The molecule has 0 saturated heterocycles. The molecule has 2 aromatic carbocycles. The van der Waals surface area contributed by atoms with E-state index in [0.717, 1.165) is 16.3 Å². The molecule has 0 aliphatic rings. The number of hydrogen-bond acceptors (Lipinski definition) is 4. The van der Waals surface area contributed by atoms with E-state index >= 15 is 0 Å². The number of hydrogen-bond donors (Lipinski definition) is 1. The molecule has 1 atom stereocenters. The average molecular weight is 587 g/mol. The Balaban J connectivity index is 2.20. The second kappa shape index (κ2) is 12.7. The third-order valence-corrected chi connectivity index (χ3v) is 7.64. The molecule has 0 aromatic heterocycles. The topological polar surface area (TPSA) is 86.8 Å². The lowest BCUT2D eigenvalue weighted by Gasteiger charge is -2.30. The number of amides is 2. The smallest absolute Gasteiger partial charge is 0.242 e. The summed E-state index contributed by atoms with van der Waals surface area (Å²) in [5, 5.41) is 3.33. The van der Waals surface area contributed by atoms with Crippen LogP contribution in [-0.4, -0.2) is 50.0 Å². The molecule has 1 N–H and O–H groups in total. The van der Waals surface area contributed by atoms with Gasteiger partial charge in [0.15, 0.2) is 0 Å². The van der Waals surface area contributed by atoms with Crippen LogP contribution in [0, 0.1) is 6.92 Å². The second-order valence-corrected chi connectivity index (χ2v) is 12.0. The number of carbonyl (C=O) groups is 2. The van der Waals surface area contributed by atoms with Gasteiger partial charge in [0.05, 0.1) is 11.9 Å². The molecule has 35 heavy (non-hydrogen) atoms. The van der Waals surface area contributed by atoms with Crippen LogP contribution in [0.4, 0.5) is 5.69 Å². The Labute approximate surface area is 222 Å². The van der Waals surface area contributed by atoms with E-state index in [4.69, 9.17) is 11.6 Å². The summed E-state index contributed by atoms with van der Waals surface area (Å²) in [7, 11) is -3.59. The zero-order valence-corrected chi connectivity index (χ0v) is 23.9. The minimum absolute atomic E-state index is 0.0566. The van der Waals surface area contributed by atoms with Gasteiger partial charge in [0.2, 0.25) is 21.8 Å². The number of benzene rings is 2. The summed E-state index contributed by atoms with van der Waals surface area (Å²) in [5.74, 6) is -0.464. The number of nitrogens with one attached hydrogen (secondary N) is 1. The molecule has 0 unspecified atom stereocenters. The van der Waals surface area contributed by atoms with Gasteiger partial charge in [-0.25, -0.2) is 8.42 Å². The van der Waals surface area contributed by atoms with Crippen molar-refractivity contribution in [1.29, 1.82) is 0 Å². The SMILES string of the molecule is Cc1c(Cl)cccc1N(CCCC(=O)N(Cc1ccc(Br)cc1)[C@H](C)C(=O)NC(C)C)S(C)(=O)=O. The minimum atomic E-state index is -3.59. The summed E-state index contributed by atoms with van der Waals surface area (Å²) in [6.07, 6.45) is 1.50. The zero-order chi connectivity index (χ0) is 26.3. The van der Waals surface area contributed by atoms with Crippen molar-refractivity contribution >= 4 is 55.1 Å². The first-order valence-electron chi connectivity index (χ1n) is 11.4. The fourth-order valence-electron chi connectivity index (χ4n) is 3.62. The molecule has 0 heterocycles. The number of halogens is 2. The van der Waals surface area contributed by atoms with Crippen LogP contribution in [0.15, 0.2) is 46.9 Å². The van der Waals surface area contributed by atoms with E-state index in [9.17, 15) is 18.0 Å². The molecular formula is C25H33BrClN3O4S. The molecule has 2 rings (SSSR count). The van der Waals surface area contributed by atoms with Gasteiger partial charge in [0.1, 0.15) is 6.04 Å². The lowest BCUT2D eigenvalue weighted by molar-refractivity contribution is -0.140. The van der Waals surface area contributed by atoms with Gasteiger partial charge in [-0.15, -0.1) is 0 Å². The molecule has 192 valence electrons. The molecule has 7 nitrogen and oxygen atoms in total. The Morgan fingerprint density at radius 2 is 1.71 bits per heavy atom. The average Bonchev–Trinajstić information content (AvgIpc) is 2.76. The number of sulfonamides is 1. The third kappa shape index (κ3) is 8.51. The van der Waals surface area contributed by atoms with E-state index in [0.29, 0.717) is 16.3 Å². The van der Waals surface area contributed by atoms with Crippen LogP contribution in [0.25, 0.3) is 0 Å². The largest absolute Gasteiger partial charge is 0.352 e. The molecule has 2 aromatic rings. The fraction of sp³-hybridized carbons (Fsp3) is 0.440. The summed E-state index contributed by atoms with van der Waals surface area (Å²) in [6, 6.07) is 11.9. The highest BCUT2D eigenvalue weighted by molar-refractivity contribution is 9.10. The van der Waals surface area contributed by atoms with Crippen molar-refractivity contribution in [3.8, 4) is 0 Å². The number of carbonyl (C=O) groups excluding carboxylic acids is 2. The Kier molecular flexibility index (Phi) is 10.6. The Morgan fingerprint density at radius 1 is 1.09 bits per heavy atom. The first-order valence-corrected chi connectivity index (χ1v) is 14.4. The highest BCUT2D eigenvalue weighted by Gasteiger charge is 2.27. The standard InChI is InChI=1S/C25H33BrClN3O4S/c1-17(2)28-25(32)19(4)29(16-20-11-13-21(26)14-12-20)24(31)10-7-15-30(35(5,33)34)23-9-6-8-22(27)18(23)3/h6,8-9,11-14,17,19H,7,10,15-16H2,1-5H3,(H,28,32)/t19-/m1/s1. The van der Waals surface area contributed by atoms with Crippen molar-refractivity contribution in [2.24, 2.45) is 0 Å². The highest BCUT2D eigenvalue weighted by atomic mass is 79.9. The van der Waals surface area contributed by atoms with Gasteiger partial charge in [-0.1, -0.05) is 45.7 Å². The van der Waals surface area contributed by atoms with Crippen LogP contribution in [0.5, 0.6) is 0 Å². The van der Waals surface area contributed by atoms with Crippen molar-refractivity contribution in [2.45, 2.75) is 59.2 Å². The molecule has 0 bridgehead atoms. The third-order valence-electron chi connectivity index (χ3n) is 5.52. The molecule has 2 amide bonds. The maximum Gasteiger partial charge on any atom is 0.242 e. The number of rotatable bonds is 11. The van der Waals surface area contributed by atoms with Crippen LogP contribution in [0.3, 0.4) is 0 Å². The van der Waals surface area contributed by atoms with Crippen LogP contribution in [0.1, 0.15) is 44.7 Å². The number of anilines is 1. The van der Waals surface area contributed by atoms with Crippen molar-refractivity contribution < 1.29 is 18.0 Å². The second-order valence-electron chi connectivity index (χ2n) is 8.81. The lowest BCUT2D eigenvalue weighted by Crippen LogP contribution is -2.49. The highest BCUT2D eigenvalue weighted by Crippen LogP contribution is 2.28. The van der Waals surface area contributed by atoms with Crippen LogP contribution in [0.2, 0.25) is 5.02 Å². The lowest BCUT2D eigenvalue weighted by atomic mass is 10.1. The maximum atomic E-state index is 13.3. The first kappa shape index (κ1) is 29.1. The Hall–Kier alpha value is -2.10. The summed E-state index contributed by atoms with van der Waals surface area (Å²) in [6.45, 7) is 7.57. The van der Waals surface area contributed by atoms with Gasteiger partial charge in [0.25, 0.3) is 0 Å². The molecule has 0 spiro atoms. The van der Waals surface area contributed by atoms with Crippen LogP contribution in [-0.2, 0) is 26.2 Å². The summed E-state index contributed by atoms with van der Waals surface area (Å²) >= 11 is 9.60. The summed E-state index contributed by atoms with van der Waals surface area (Å²) in [5.41, 5.74) is 2.03. The molecule has 10 heteroatoms. The van der Waals surface area contributed by atoms with Crippen molar-refractivity contribution in [3.05, 3.63) is 63.1 Å².